The van der Waals surface area contributed by atoms with E-state index >= 15 is 0 Å². The number of fused-ring (bicyclic) bond motifs is 1. The Morgan fingerprint density at radius 2 is 1.69 bits per heavy atom. The van der Waals surface area contributed by atoms with Crippen LogP contribution in [0.25, 0.3) is 0 Å². The van der Waals surface area contributed by atoms with Crippen LogP contribution in [0.3, 0.4) is 0 Å². The van der Waals surface area contributed by atoms with Crippen LogP contribution >= 0.6 is 0 Å². The number of para-hydroxylation sites is 2. The molecule has 0 aromatic heterocycles. The zero-order valence-corrected chi connectivity index (χ0v) is 33.7. The summed E-state index contributed by atoms with van der Waals surface area (Å²) in [5.74, 6) is -0.501. The summed E-state index contributed by atoms with van der Waals surface area (Å²) < 4.78 is 47.2. The van der Waals surface area contributed by atoms with Crippen molar-refractivity contribution in [2.45, 2.75) is 108 Å². The third-order valence-electron chi connectivity index (χ3n) is 10.9. The molecule has 292 valence electrons. The first-order valence-corrected chi connectivity index (χ1v) is 20.1. The summed E-state index contributed by atoms with van der Waals surface area (Å²) in [7, 11) is -2.71. The first-order valence-electron chi connectivity index (χ1n) is 18.6. The molecule has 1 N–H and O–H groups in total. The van der Waals surface area contributed by atoms with E-state index in [9.17, 15) is 22.8 Å². The highest BCUT2D eigenvalue weighted by Gasteiger charge is 2.56. The number of ketones is 1. The van der Waals surface area contributed by atoms with Crippen LogP contribution in [-0.4, -0.2) is 91.0 Å². The van der Waals surface area contributed by atoms with E-state index in [1.807, 2.05) is 6.07 Å². The summed E-state index contributed by atoms with van der Waals surface area (Å²) in [5.41, 5.74) is 0.989. The van der Waals surface area contributed by atoms with Gasteiger partial charge in [-0.25, -0.2) is 18.1 Å². The zero-order chi connectivity index (χ0) is 39.6. The molecule has 12 nitrogen and oxygen atoms in total. The number of amidine groups is 1. The number of imide groups is 1. The lowest BCUT2D eigenvalue weighted by Gasteiger charge is -2.40. The molecule has 0 spiro atoms. The molecule has 13 heteroatoms. The molecule has 0 radical (unpaired) electrons. The smallest absolute Gasteiger partial charge is 0.418 e. The lowest BCUT2D eigenvalue weighted by molar-refractivity contribution is -0.137. The number of methoxy groups -OCH3 is 1. The Morgan fingerprint density at radius 1 is 1.00 bits per heavy atom. The number of carbonyl (C=O) groups excluding carboxylic acids is 3. The monoisotopic (exact) mass is 762 g/mol. The summed E-state index contributed by atoms with van der Waals surface area (Å²) in [4.78, 5) is 47.0. The molecule has 0 bridgehead atoms. The van der Waals surface area contributed by atoms with Gasteiger partial charge in [0, 0.05) is 18.5 Å². The van der Waals surface area contributed by atoms with Gasteiger partial charge < -0.3 is 19.5 Å². The van der Waals surface area contributed by atoms with Crippen molar-refractivity contribution in [3.63, 3.8) is 0 Å². The molecule has 5 rings (SSSR count). The number of sulfonamides is 1. The van der Waals surface area contributed by atoms with Crippen LogP contribution in [0.4, 0.5) is 10.5 Å². The van der Waals surface area contributed by atoms with Gasteiger partial charge in [-0.3, -0.25) is 18.9 Å². The second-order valence-electron chi connectivity index (χ2n) is 15.7. The van der Waals surface area contributed by atoms with Crippen LogP contribution in [0.1, 0.15) is 85.8 Å². The maximum Gasteiger partial charge on any atom is 0.418 e. The Bertz CT molecular complexity index is 1970. The van der Waals surface area contributed by atoms with Crippen molar-refractivity contribution in [1.82, 2.24) is 9.21 Å². The van der Waals surface area contributed by atoms with Gasteiger partial charge in [-0.05, 0) is 61.3 Å². The largest absolute Gasteiger partial charge is 0.495 e. The van der Waals surface area contributed by atoms with Gasteiger partial charge in [-0.15, -0.1) is 0 Å². The van der Waals surface area contributed by atoms with Gasteiger partial charge in [0.05, 0.1) is 32.0 Å². The lowest BCUT2D eigenvalue weighted by Crippen LogP contribution is -2.62. The van der Waals surface area contributed by atoms with E-state index in [4.69, 9.17) is 19.2 Å². The lowest BCUT2D eigenvalue weighted by atomic mass is 9.76. The van der Waals surface area contributed by atoms with Gasteiger partial charge in [-0.2, -0.15) is 0 Å². The number of carbonyl (C=O) groups is 3. The van der Waals surface area contributed by atoms with Crippen LogP contribution in [0.2, 0.25) is 0 Å². The second kappa shape index (κ2) is 15.6. The van der Waals surface area contributed by atoms with E-state index in [-0.39, 0.29) is 42.8 Å². The molecule has 3 aliphatic rings. The maximum atomic E-state index is 14.5. The molecule has 3 unspecified atom stereocenters. The predicted molar refractivity (Wildman–Crippen MR) is 210 cm³/mol. The van der Waals surface area contributed by atoms with E-state index in [1.165, 1.54) is 26.5 Å². The molecule has 3 atom stereocenters. The Kier molecular flexibility index (Phi) is 11.7. The standard InChI is InChI=1S/C41H54N4O8S/c1-10-39(3,4)27-21-22-32(28(25-27)40(5,6)11-2)52-24-16-23-44-36(43-30-18-13-15-20-34(30)54(44,49)50)35(45-37(47)41(7,8)53-38(45)48)31(46)26-42-29-17-12-14-19-33(29)51-9/h12-15,17-22,25,30,34-35,42H,10-11,16,23-24,26H2,1-9H3. The summed E-state index contributed by atoms with van der Waals surface area (Å²) in [6.45, 7) is 15.6. The Labute approximate surface area is 319 Å². The predicted octanol–water partition coefficient (Wildman–Crippen LogP) is 6.55. The number of anilines is 1. The van der Waals surface area contributed by atoms with E-state index < -0.39 is 50.7 Å². The topological polar surface area (TPSA) is 144 Å². The average molecular weight is 763 g/mol. The highest BCUT2D eigenvalue weighted by Crippen LogP contribution is 2.39. The van der Waals surface area contributed by atoms with E-state index in [2.05, 4.69) is 59.0 Å². The molecule has 0 saturated carbocycles. The quantitative estimate of drug-likeness (QED) is 0.188. The van der Waals surface area contributed by atoms with Crippen molar-refractivity contribution in [3.8, 4) is 11.5 Å². The van der Waals surface area contributed by atoms with Gasteiger partial charge in [0.1, 0.15) is 22.6 Å². The molecule has 2 aromatic carbocycles. The number of hydrogen-bond acceptors (Lipinski definition) is 10. The van der Waals surface area contributed by atoms with Crippen molar-refractivity contribution in [3.05, 3.63) is 77.9 Å². The van der Waals surface area contributed by atoms with Crippen LogP contribution in [0, 0.1) is 0 Å². The fourth-order valence-electron chi connectivity index (χ4n) is 6.68. The summed E-state index contributed by atoms with van der Waals surface area (Å²) in [5, 5.41) is 1.98. The molecule has 54 heavy (non-hydrogen) atoms. The van der Waals surface area contributed by atoms with Gasteiger partial charge in [0.2, 0.25) is 10.0 Å². The zero-order valence-electron chi connectivity index (χ0n) is 32.8. The number of benzene rings is 2. The number of ether oxygens (including phenoxy) is 3. The minimum atomic E-state index is -4.20. The summed E-state index contributed by atoms with van der Waals surface area (Å²) in [6.07, 6.45) is 7.52. The van der Waals surface area contributed by atoms with Gasteiger partial charge in [0.25, 0.3) is 5.91 Å². The number of hydrogen-bond donors (Lipinski definition) is 1. The minimum absolute atomic E-state index is 0.0227. The van der Waals surface area contributed by atoms with Crippen LogP contribution in [-0.2, 0) is 35.2 Å². The first-order chi connectivity index (χ1) is 25.4. The fraction of sp³-hybridized carbons (Fsp3) is 0.512. The molecule has 2 aliphatic heterocycles. The summed E-state index contributed by atoms with van der Waals surface area (Å²) in [6, 6.07) is 10.7. The molecule has 2 aromatic rings. The highest BCUT2D eigenvalue weighted by molar-refractivity contribution is 7.90. The van der Waals surface area contributed by atoms with Crippen molar-refractivity contribution in [1.29, 1.82) is 0 Å². The number of allylic oxidation sites excluding steroid dienone is 2. The minimum Gasteiger partial charge on any atom is -0.495 e. The van der Waals surface area contributed by atoms with E-state index in [0.29, 0.717) is 16.3 Å². The maximum absolute atomic E-state index is 14.5. The number of nitrogens with one attached hydrogen (secondary N) is 1. The SMILES string of the molecule is CCC(C)(C)c1ccc(OCCCN2C(C(C(=O)CNc3ccccc3OC)N3C(=O)OC(C)(C)C3=O)=NC3C=CC=CC3S2(=O)=O)c(C(C)(C)CC)c1. The fourth-order valence-corrected chi connectivity index (χ4v) is 8.56. The Hall–Kier alpha value is -4.65. The highest BCUT2D eigenvalue weighted by atomic mass is 32.2. The molecule has 2 heterocycles. The van der Waals surface area contributed by atoms with E-state index in [0.717, 1.165) is 28.5 Å². The Morgan fingerprint density at radius 3 is 2.33 bits per heavy atom. The average Bonchev–Trinajstić information content (AvgIpc) is 3.34. The van der Waals surface area contributed by atoms with Crippen LogP contribution in [0.5, 0.6) is 11.5 Å². The molecule has 1 aliphatic carbocycles. The van der Waals surface area contributed by atoms with Gasteiger partial charge in [-0.1, -0.05) is 90.1 Å². The van der Waals surface area contributed by atoms with Crippen LogP contribution < -0.4 is 14.8 Å². The number of amides is 2. The molecule has 1 fully saturated rings. The normalized spacial score (nSPS) is 20.9. The number of rotatable bonds is 16. The number of cyclic esters (lactones) is 1. The van der Waals surface area contributed by atoms with E-state index in [1.54, 1.807) is 48.6 Å². The summed E-state index contributed by atoms with van der Waals surface area (Å²) >= 11 is 0. The van der Waals surface area contributed by atoms with Crippen molar-refractivity contribution in [2.75, 3.05) is 32.1 Å². The van der Waals surface area contributed by atoms with Gasteiger partial charge >= 0.3 is 6.09 Å². The van der Waals surface area contributed by atoms with Crippen LogP contribution in [0.15, 0.2) is 71.8 Å². The number of nitrogens with zero attached hydrogens (tertiary/aromatic N) is 3. The third kappa shape index (κ3) is 7.92. The Balaban J connectivity index is 1.49. The second-order valence-corrected chi connectivity index (χ2v) is 17.7. The molecular weight excluding hydrogens is 709 g/mol. The first kappa shape index (κ1) is 40.5. The third-order valence-corrected chi connectivity index (χ3v) is 13.0. The number of Topliss-reactive ketones (excluding diaryl/α,β-unsaturated/α-hetero) is 1. The van der Waals surface area contributed by atoms with Crippen molar-refractivity contribution < 1.29 is 37.0 Å². The molecular formula is C41H54N4O8S. The number of aliphatic imine (C=N–C) groups is 1. The van der Waals surface area contributed by atoms with Crippen molar-refractivity contribution >= 4 is 39.3 Å². The molecule has 1 saturated heterocycles. The van der Waals surface area contributed by atoms with Gasteiger partial charge in [0.15, 0.2) is 17.4 Å². The van der Waals surface area contributed by atoms with Crippen molar-refractivity contribution in [2.24, 2.45) is 4.99 Å². The molecule has 2 amide bonds.